The predicted octanol–water partition coefficient (Wildman–Crippen LogP) is 3.19. The Balaban J connectivity index is 0.00000156. The Bertz CT molecular complexity index is 695. The normalized spacial score (nSPS) is 17.3. The van der Waals surface area contributed by atoms with Gasteiger partial charge < -0.3 is 10.6 Å². The average molecular weight is 403 g/mol. The lowest BCUT2D eigenvalue weighted by Crippen LogP contribution is -2.51. The average Bonchev–Trinajstić information content (AvgIpc) is 2.96. The summed E-state index contributed by atoms with van der Waals surface area (Å²) in [7, 11) is 0. The number of aromatic nitrogens is 1. The minimum absolute atomic E-state index is 0. The van der Waals surface area contributed by atoms with Crippen LogP contribution in [0.4, 0.5) is 5.69 Å². The van der Waals surface area contributed by atoms with Crippen molar-refractivity contribution in [2.75, 3.05) is 31.5 Å². The molecule has 1 aliphatic heterocycles. The molecule has 0 radical (unpaired) electrons. The molecule has 0 saturated carbocycles. The van der Waals surface area contributed by atoms with Gasteiger partial charge in [-0.1, -0.05) is 12.1 Å². The van der Waals surface area contributed by atoms with E-state index in [-0.39, 0.29) is 30.7 Å². The van der Waals surface area contributed by atoms with Crippen molar-refractivity contribution in [2.24, 2.45) is 0 Å². The van der Waals surface area contributed by atoms with Crippen LogP contribution in [-0.2, 0) is 4.79 Å². The molecule has 3 rings (SSSR count). The largest absolute Gasteiger partial charge is 0.325 e. The van der Waals surface area contributed by atoms with Crippen LogP contribution in [0, 0.1) is 6.92 Å². The molecule has 0 unspecified atom stereocenters. The number of hydrogen-bond acceptors (Lipinski definition) is 5. The van der Waals surface area contributed by atoms with Crippen molar-refractivity contribution in [3.8, 4) is 11.3 Å². The summed E-state index contributed by atoms with van der Waals surface area (Å²) in [5, 5.41) is 9.42. The lowest BCUT2D eigenvalue weighted by molar-refractivity contribution is -0.118. The Hall–Kier alpha value is -1.18. The molecule has 0 spiro atoms. The minimum atomic E-state index is 0. The van der Waals surface area contributed by atoms with Gasteiger partial charge in [-0.25, -0.2) is 4.98 Å². The number of hydrogen-bond donors (Lipinski definition) is 2. The maximum Gasteiger partial charge on any atom is 0.238 e. The Morgan fingerprint density at radius 1 is 1.44 bits per heavy atom. The minimum Gasteiger partial charge on any atom is -0.325 e. The van der Waals surface area contributed by atoms with Gasteiger partial charge in [-0.3, -0.25) is 9.69 Å². The SMILES string of the molecule is Cc1nc(-c2cccc(NC(=O)CN3CCNC[C@@H]3C)c2)cs1.Cl.Cl. The van der Waals surface area contributed by atoms with Gasteiger partial charge in [-0.15, -0.1) is 36.2 Å². The van der Waals surface area contributed by atoms with Gasteiger partial charge in [-0.2, -0.15) is 0 Å². The summed E-state index contributed by atoms with van der Waals surface area (Å²) in [5.41, 5.74) is 2.81. The Morgan fingerprint density at radius 3 is 2.92 bits per heavy atom. The summed E-state index contributed by atoms with van der Waals surface area (Å²) in [6, 6.07) is 8.25. The fourth-order valence-corrected chi connectivity index (χ4v) is 3.38. The zero-order valence-corrected chi connectivity index (χ0v) is 16.8. The molecule has 2 N–H and O–H groups in total. The summed E-state index contributed by atoms with van der Waals surface area (Å²) in [6.07, 6.45) is 0. The Kier molecular flexibility index (Phi) is 8.82. The van der Waals surface area contributed by atoms with Gasteiger partial charge in [0.25, 0.3) is 0 Å². The molecule has 1 amide bonds. The van der Waals surface area contributed by atoms with Crippen molar-refractivity contribution in [3.05, 3.63) is 34.7 Å². The number of nitrogens with zero attached hydrogens (tertiary/aromatic N) is 2. The highest BCUT2D eigenvalue weighted by Crippen LogP contribution is 2.24. The second-order valence-electron chi connectivity index (χ2n) is 5.90. The first-order valence-corrected chi connectivity index (χ1v) is 8.77. The molecule has 2 heterocycles. The highest BCUT2D eigenvalue weighted by atomic mass is 35.5. The van der Waals surface area contributed by atoms with Crippen molar-refractivity contribution >= 4 is 47.7 Å². The highest BCUT2D eigenvalue weighted by Gasteiger charge is 2.20. The van der Waals surface area contributed by atoms with E-state index in [0.29, 0.717) is 12.6 Å². The number of amides is 1. The Morgan fingerprint density at radius 2 is 2.24 bits per heavy atom. The molecule has 25 heavy (non-hydrogen) atoms. The van der Waals surface area contributed by atoms with Crippen LogP contribution in [0.5, 0.6) is 0 Å². The summed E-state index contributed by atoms with van der Waals surface area (Å²) in [6.45, 7) is 7.36. The van der Waals surface area contributed by atoms with E-state index in [1.54, 1.807) is 11.3 Å². The standard InChI is InChI=1S/C17H22N4OS.2ClH/c1-12-9-18-6-7-21(12)10-17(22)20-15-5-3-4-14(8-15)16-11-23-13(2)19-16;;/h3-5,8,11-12,18H,6-7,9-10H2,1-2H3,(H,20,22);2*1H/t12-;;/m0../s1. The highest BCUT2D eigenvalue weighted by molar-refractivity contribution is 7.09. The number of carbonyl (C=O) groups excluding carboxylic acids is 1. The molecule has 1 atom stereocenters. The van der Waals surface area contributed by atoms with Crippen LogP contribution < -0.4 is 10.6 Å². The van der Waals surface area contributed by atoms with E-state index in [9.17, 15) is 4.79 Å². The van der Waals surface area contributed by atoms with E-state index in [0.717, 1.165) is 41.6 Å². The van der Waals surface area contributed by atoms with E-state index in [4.69, 9.17) is 0 Å². The Labute approximate surface area is 165 Å². The first-order valence-electron chi connectivity index (χ1n) is 7.89. The molecule has 1 fully saturated rings. The number of nitrogens with one attached hydrogen (secondary N) is 2. The third kappa shape index (κ3) is 5.94. The van der Waals surface area contributed by atoms with Crippen LogP contribution in [0.15, 0.2) is 29.6 Å². The number of benzene rings is 1. The summed E-state index contributed by atoms with van der Waals surface area (Å²) in [5.74, 6) is 0.0327. The first kappa shape index (κ1) is 21.9. The number of aryl methyl sites for hydroxylation is 1. The van der Waals surface area contributed by atoms with Crippen molar-refractivity contribution in [1.29, 1.82) is 0 Å². The van der Waals surface area contributed by atoms with Gasteiger partial charge >= 0.3 is 0 Å². The number of anilines is 1. The third-order valence-electron chi connectivity index (χ3n) is 4.05. The lowest BCUT2D eigenvalue weighted by atomic mass is 10.1. The second kappa shape index (κ2) is 10.1. The zero-order valence-electron chi connectivity index (χ0n) is 14.3. The summed E-state index contributed by atoms with van der Waals surface area (Å²) in [4.78, 5) is 19.0. The number of carbonyl (C=O) groups is 1. The van der Waals surface area contributed by atoms with Crippen LogP contribution in [-0.4, -0.2) is 48.0 Å². The molecule has 2 aromatic rings. The van der Waals surface area contributed by atoms with E-state index in [1.807, 2.05) is 36.6 Å². The summed E-state index contributed by atoms with van der Waals surface area (Å²) >= 11 is 1.63. The van der Waals surface area contributed by atoms with Crippen molar-refractivity contribution < 1.29 is 4.79 Å². The lowest BCUT2D eigenvalue weighted by Gasteiger charge is -2.33. The van der Waals surface area contributed by atoms with E-state index >= 15 is 0 Å². The van der Waals surface area contributed by atoms with E-state index < -0.39 is 0 Å². The van der Waals surface area contributed by atoms with Crippen LogP contribution in [0.25, 0.3) is 11.3 Å². The van der Waals surface area contributed by atoms with Crippen molar-refractivity contribution in [1.82, 2.24) is 15.2 Å². The summed E-state index contributed by atoms with van der Waals surface area (Å²) < 4.78 is 0. The van der Waals surface area contributed by atoms with Gasteiger partial charge in [0.1, 0.15) is 0 Å². The smallest absolute Gasteiger partial charge is 0.238 e. The molecule has 8 heteroatoms. The van der Waals surface area contributed by atoms with Crippen LogP contribution in [0.3, 0.4) is 0 Å². The molecule has 1 aromatic carbocycles. The van der Waals surface area contributed by atoms with E-state index in [2.05, 4.69) is 27.4 Å². The molecular weight excluding hydrogens is 379 g/mol. The number of halogens is 2. The monoisotopic (exact) mass is 402 g/mol. The maximum atomic E-state index is 12.3. The van der Waals surface area contributed by atoms with Gasteiger partial charge in [0.2, 0.25) is 5.91 Å². The van der Waals surface area contributed by atoms with Crippen molar-refractivity contribution in [3.63, 3.8) is 0 Å². The number of piperazine rings is 1. The quantitative estimate of drug-likeness (QED) is 0.823. The van der Waals surface area contributed by atoms with E-state index in [1.165, 1.54) is 0 Å². The van der Waals surface area contributed by atoms with Gasteiger partial charge in [0, 0.05) is 42.3 Å². The number of thiazole rings is 1. The van der Waals surface area contributed by atoms with Crippen LogP contribution >= 0.6 is 36.2 Å². The molecule has 5 nitrogen and oxygen atoms in total. The molecule has 0 aliphatic carbocycles. The maximum absolute atomic E-state index is 12.3. The van der Waals surface area contributed by atoms with Gasteiger partial charge in [-0.05, 0) is 26.0 Å². The molecule has 1 aliphatic rings. The number of rotatable bonds is 4. The van der Waals surface area contributed by atoms with Crippen LogP contribution in [0.1, 0.15) is 11.9 Å². The van der Waals surface area contributed by atoms with Gasteiger partial charge in [0.15, 0.2) is 0 Å². The first-order chi connectivity index (χ1) is 11.1. The van der Waals surface area contributed by atoms with Gasteiger partial charge in [0.05, 0.1) is 17.2 Å². The molecule has 1 saturated heterocycles. The molecule has 0 bridgehead atoms. The fourth-order valence-electron chi connectivity index (χ4n) is 2.76. The fraction of sp³-hybridized carbons (Fsp3) is 0.412. The van der Waals surface area contributed by atoms with Crippen molar-refractivity contribution in [2.45, 2.75) is 19.9 Å². The molecular formula is C17H24Cl2N4OS. The second-order valence-corrected chi connectivity index (χ2v) is 6.97. The zero-order chi connectivity index (χ0) is 16.2. The third-order valence-corrected chi connectivity index (χ3v) is 4.82. The molecule has 1 aromatic heterocycles. The van der Waals surface area contributed by atoms with Crippen LogP contribution in [0.2, 0.25) is 0 Å². The molecule has 138 valence electrons. The predicted molar refractivity (Wildman–Crippen MR) is 109 cm³/mol. The topological polar surface area (TPSA) is 57.3 Å².